The van der Waals surface area contributed by atoms with Crippen LogP contribution in [0.3, 0.4) is 0 Å². The Morgan fingerprint density at radius 3 is 2.37 bits per heavy atom. The van der Waals surface area contributed by atoms with Crippen molar-refractivity contribution in [2.45, 2.75) is 31.3 Å². The highest BCUT2D eigenvalue weighted by Gasteiger charge is 2.30. The molecule has 19 heavy (non-hydrogen) atoms. The zero-order chi connectivity index (χ0) is 14.8. The molecule has 0 aliphatic rings. The first-order valence-corrected chi connectivity index (χ1v) is 7.19. The van der Waals surface area contributed by atoms with Gasteiger partial charge in [0.05, 0.1) is 5.60 Å². The summed E-state index contributed by atoms with van der Waals surface area (Å²) in [5.74, 6) is -1.85. The van der Waals surface area contributed by atoms with Crippen LogP contribution in [0.2, 0.25) is 0 Å². The van der Waals surface area contributed by atoms with E-state index in [2.05, 4.69) is 0 Å². The first kappa shape index (κ1) is 16.0. The number of aliphatic hydroxyl groups is 1. The fourth-order valence-corrected chi connectivity index (χ4v) is 3.29. The standard InChI is InChI=1S/C12H17F2NO3S/c1-4-15(8-12(2,3)16)19(17,18)11-7-9(13)5-6-10(11)14/h5-7,16H,4,8H2,1-3H3. The van der Waals surface area contributed by atoms with Crippen LogP contribution in [0, 0.1) is 11.6 Å². The molecule has 7 heteroatoms. The fraction of sp³-hybridized carbons (Fsp3) is 0.500. The normalized spacial score (nSPS) is 13.0. The second kappa shape index (κ2) is 5.52. The Kier molecular flexibility index (Phi) is 4.65. The number of nitrogens with zero attached hydrogens (tertiary/aromatic N) is 1. The molecule has 0 saturated carbocycles. The zero-order valence-electron chi connectivity index (χ0n) is 11.0. The van der Waals surface area contributed by atoms with E-state index in [1.54, 1.807) is 6.92 Å². The summed E-state index contributed by atoms with van der Waals surface area (Å²) in [6.07, 6.45) is 0. The van der Waals surface area contributed by atoms with Crippen LogP contribution in [-0.2, 0) is 10.0 Å². The van der Waals surface area contributed by atoms with E-state index in [0.717, 1.165) is 16.4 Å². The molecule has 0 spiro atoms. The summed E-state index contributed by atoms with van der Waals surface area (Å²) >= 11 is 0. The van der Waals surface area contributed by atoms with Crippen molar-refractivity contribution < 1.29 is 22.3 Å². The number of halogens is 2. The monoisotopic (exact) mass is 293 g/mol. The number of rotatable bonds is 5. The number of hydrogen-bond donors (Lipinski definition) is 1. The van der Waals surface area contributed by atoms with Gasteiger partial charge in [0.1, 0.15) is 16.5 Å². The maximum absolute atomic E-state index is 13.6. The minimum absolute atomic E-state index is 0.0439. The number of likely N-dealkylation sites (N-methyl/N-ethyl adjacent to an activating group) is 1. The van der Waals surface area contributed by atoms with Crippen molar-refractivity contribution in [3.8, 4) is 0 Å². The van der Waals surface area contributed by atoms with E-state index in [4.69, 9.17) is 0 Å². The van der Waals surface area contributed by atoms with Crippen LogP contribution in [0.5, 0.6) is 0 Å². The van der Waals surface area contributed by atoms with Gasteiger partial charge in [-0.3, -0.25) is 0 Å². The van der Waals surface area contributed by atoms with E-state index in [1.165, 1.54) is 13.8 Å². The molecule has 108 valence electrons. The van der Waals surface area contributed by atoms with Gasteiger partial charge in [-0.25, -0.2) is 17.2 Å². The summed E-state index contributed by atoms with van der Waals surface area (Å²) < 4.78 is 52.0. The third kappa shape index (κ3) is 3.95. The predicted octanol–water partition coefficient (Wildman–Crippen LogP) is 1.75. The summed E-state index contributed by atoms with van der Waals surface area (Å²) in [4.78, 5) is -0.724. The molecule has 0 radical (unpaired) electrons. The van der Waals surface area contributed by atoms with Gasteiger partial charge in [-0.15, -0.1) is 0 Å². The number of benzene rings is 1. The highest BCUT2D eigenvalue weighted by atomic mass is 32.2. The SMILES string of the molecule is CCN(CC(C)(C)O)S(=O)(=O)c1cc(F)ccc1F. The lowest BCUT2D eigenvalue weighted by atomic mass is 10.1. The average molecular weight is 293 g/mol. The molecule has 1 N–H and O–H groups in total. The van der Waals surface area contributed by atoms with Gasteiger partial charge in [0.15, 0.2) is 0 Å². The molecule has 0 unspecified atom stereocenters. The van der Waals surface area contributed by atoms with Crippen molar-refractivity contribution in [1.82, 2.24) is 4.31 Å². The van der Waals surface area contributed by atoms with Crippen LogP contribution < -0.4 is 0 Å². The van der Waals surface area contributed by atoms with E-state index < -0.39 is 32.2 Å². The molecule has 1 aromatic rings. The third-order valence-electron chi connectivity index (χ3n) is 2.43. The second-order valence-corrected chi connectivity index (χ2v) is 6.72. The summed E-state index contributed by atoms with van der Waals surface area (Å²) in [6, 6.07) is 2.25. The van der Waals surface area contributed by atoms with Gasteiger partial charge in [0.2, 0.25) is 10.0 Å². The van der Waals surface area contributed by atoms with Crippen molar-refractivity contribution in [3.63, 3.8) is 0 Å². The topological polar surface area (TPSA) is 57.6 Å². The van der Waals surface area contributed by atoms with Crippen LogP contribution in [0.15, 0.2) is 23.1 Å². The fourth-order valence-electron chi connectivity index (χ4n) is 1.61. The van der Waals surface area contributed by atoms with Gasteiger partial charge < -0.3 is 5.11 Å². The summed E-state index contributed by atoms with van der Waals surface area (Å²) in [7, 11) is -4.18. The number of sulfonamides is 1. The van der Waals surface area contributed by atoms with Gasteiger partial charge in [-0.2, -0.15) is 4.31 Å². The zero-order valence-corrected chi connectivity index (χ0v) is 11.8. The van der Waals surface area contributed by atoms with Crippen molar-refractivity contribution in [1.29, 1.82) is 0 Å². The molecule has 0 atom stereocenters. The molecule has 4 nitrogen and oxygen atoms in total. The Hall–Kier alpha value is -1.05. The summed E-state index contributed by atoms with van der Waals surface area (Å²) in [6.45, 7) is 4.27. The molecule has 0 aliphatic carbocycles. The smallest absolute Gasteiger partial charge is 0.246 e. The third-order valence-corrected chi connectivity index (χ3v) is 4.36. The molecular weight excluding hydrogens is 276 g/mol. The molecule has 1 aromatic carbocycles. The number of hydrogen-bond acceptors (Lipinski definition) is 3. The Bertz CT molecular complexity index is 553. The van der Waals surface area contributed by atoms with Crippen LogP contribution in [0.25, 0.3) is 0 Å². The Morgan fingerprint density at radius 1 is 1.32 bits per heavy atom. The second-order valence-electron chi connectivity index (χ2n) is 4.82. The van der Waals surface area contributed by atoms with E-state index in [1.807, 2.05) is 0 Å². The first-order valence-electron chi connectivity index (χ1n) is 5.75. The molecular formula is C12H17F2NO3S. The van der Waals surface area contributed by atoms with Crippen molar-refractivity contribution in [2.75, 3.05) is 13.1 Å². The molecule has 0 heterocycles. The maximum Gasteiger partial charge on any atom is 0.246 e. The average Bonchev–Trinajstić information content (AvgIpc) is 2.27. The van der Waals surface area contributed by atoms with Gasteiger partial charge in [-0.1, -0.05) is 6.92 Å². The molecule has 1 rings (SSSR count). The van der Waals surface area contributed by atoms with Gasteiger partial charge in [-0.05, 0) is 32.0 Å². The van der Waals surface area contributed by atoms with Crippen LogP contribution in [0.4, 0.5) is 8.78 Å². The highest BCUT2D eigenvalue weighted by molar-refractivity contribution is 7.89. The predicted molar refractivity (Wildman–Crippen MR) is 67.1 cm³/mol. The summed E-state index contributed by atoms with van der Waals surface area (Å²) in [5, 5.41) is 9.68. The minimum atomic E-state index is -4.18. The van der Waals surface area contributed by atoms with E-state index in [-0.39, 0.29) is 13.1 Å². The van der Waals surface area contributed by atoms with Crippen molar-refractivity contribution >= 4 is 10.0 Å². The Labute approximate surface area is 111 Å². The molecule has 0 saturated heterocycles. The largest absolute Gasteiger partial charge is 0.389 e. The van der Waals surface area contributed by atoms with Crippen molar-refractivity contribution in [3.05, 3.63) is 29.8 Å². The van der Waals surface area contributed by atoms with Gasteiger partial charge >= 0.3 is 0 Å². The summed E-state index contributed by atoms with van der Waals surface area (Å²) in [5.41, 5.74) is -1.27. The van der Waals surface area contributed by atoms with E-state index >= 15 is 0 Å². The highest BCUT2D eigenvalue weighted by Crippen LogP contribution is 2.21. The van der Waals surface area contributed by atoms with Gasteiger partial charge in [0.25, 0.3) is 0 Å². The van der Waals surface area contributed by atoms with Crippen LogP contribution >= 0.6 is 0 Å². The van der Waals surface area contributed by atoms with Crippen LogP contribution in [0.1, 0.15) is 20.8 Å². The minimum Gasteiger partial charge on any atom is -0.389 e. The quantitative estimate of drug-likeness (QED) is 0.899. The van der Waals surface area contributed by atoms with E-state index in [9.17, 15) is 22.3 Å². The molecule has 0 fully saturated rings. The Morgan fingerprint density at radius 2 is 1.89 bits per heavy atom. The Balaban J connectivity index is 3.25. The lowest BCUT2D eigenvalue weighted by Gasteiger charge is -2.27. The molecule has 0 aromatic heterocycles. The lowest BCUT2D eigenvalue weighted by molar-refractivity contribution is 0.0601. The molecule has 0 bridgehead atoms. The first-order chi connectivity index (χ1) is 8.58. The molecule has 0 amide bonds. The van der Waals surface area contributed by atoms with Gasteiger partial charge in [0, 0.05) is 13.1 Å². The van der Waals surface area contributed by atoms with E-state index in [0.29, 0.717) is 6.07 Å². The van der Waals surface area contributed by atoms with Crippen LogP contribution in [-0.4, -0.2) is 36.5 Å². The maximum atomic E-state index is 13.6. The van der Waals surface area contributed by atoms with Crippen molar-refractivity contribution in [2.24, 2.45) is 0 Å². The molecule has 0 aliphatic heterocycles. The lowest BCUT2D eigenvalue weighted by Crippen LogP contribution is -2.42.